The van der Waals surface area contributed by atoms with E-state index in [2.05, 4.69) is 4.72 Å². The molecule has 0 radical (unpaired) electrons. The van der Waals surface area contributed by atoms with Gasteiger partial charge in [0.15, 0.2) is 5.78 Å². The number of benzene rings is 2. The number of methoxy groups -OCH3 is 1. The van der Waals surface area contributed by atoms with E-state index in [1.54, 1.807) is 18.2 Å². The second kappa shape index (κ2) is 10.4. The van der Waals surface area contributed by atoms with Crippen LogP contribution in [0.5, 0.6) is 5.75 Å². The van der Waals surface area contributed by atoms with Crippen molar-refractivity contribution < 1.29 is 32.2 Å². The maximum absolute atomic E-state index is 12.7. The largest absolute Gasteiger partial charge is 0.496 e. The van der Waals surface area contributed by atoms with E-state index in [0.717, 1.165) is 12.8 Å². The Hall–Kier alpha value is -2.46. The zero-order valence-electron chi connectivity index (χ0n) is 17.7. The van der Waals surface area contributed by atoms with Crippen molar-refractivity contribution in [1.82, 2.24) is 4.72 Å². The van der Waals surface area contributed by atoms with Gasteiger partial charge in [0.25, 0.3) is 0 Å². The fourth-order valence-electron chi connectivity index (χ4n) is 3.26. The summed E-state index contributed by atoms with van der Waals surface area (Å²) < 4.78 is 43.9. The molecule has 0 spiro atoms. The number of esters is 1. The number of carbonyl (C=O) groups excluding carboxylic acids is 2. The number of Topliss-reactive ketones (excluding diaryl/α,β-unsaturated/α-hetero) is 1. The molecule has 0 aromatic heterocycles. The number of sulfonamides is 1. The SMILES string of the molecule is COc1ccc(C(C)=O)cc1COC(=O)c1ccc(Cl)c(S(=O)(=O)NCC2CCCO2)c1. The summed E-state index contributed by atoms with van der Waals surface area (Å²) in [6.45, 7) is 2.00. The van der Waals surface area contributed by atoms with Gasteiger partial charge in [-0.3, -0.25) is 4.79 Å². The first-order chi connectivity index (χ1) is 15.2. The quantitative estimate of drug-likeness (QED) is 0.432. The third-order valence-corrected chi connectivity index (χ3v) is 6.93. The highest BCUT2D eigenvalue weighted by Gasteiger charge is 2.24. The Labute approximate surface area is 191 Å². The van der Waals surface area contributed by atoms with Gasteiger partial charge in [0.05, 0.1) is 23.8 Å². The number of hydrogen-bond donors (Lipinski definition) is 1. The molecule has 1 saturated heterocycles. The van der Waals surface area contributed by atoms with Crippen LogP contribution in [0, 0.1) is 0 Å². The summed E-state index contributed by atoms with van der Waals surface area (Å²) >= 11 is 6.09. The van der Waals surface area contributed by atoms with E-state index >= 15 is 0 Å². The Morgan fingerprint density at radius 3 is 2.59 bits per heavy atom. The van der Waals surface area contributed by atoms with Crippen LogP contribution in [0.1, 0.15) is 46.0 Å². The Kier molecular flexibility index (Phi) is 7.89. The van der Waals surface area contributed by atoms with Crippen LogP contribution in [0.2, 0.25) is 5.02 Å². The van der Waals surface area contributed by atoms with Crippen LogP contribution in [0.4, 0.5) is 0 Å². The maximum Gasteiger partial charge on any atom is 0.338 e. The topological polar surface area (TPSA) is 108 Å². The molecular formula is C22H24ClNO7S. The van der Waals surface area contributed by atoms with Crippen LogP contribution in [-0.2, 0) is 26.1 Å². The molecular weight excluding hydrogens is 458 g/mol. The highest BCUT2D eigenvalue weighted by molar-refractivity contribution is 7.89. The summed E-state index contributed by atoms with van der Waals surface area (Å²) in [5.41, 5.74) is 0.983. The average molecular weight is 482 g/mol. The minimum absolute atomic E-state index is 0.0165. The molecule has 3 rings (SSSR count). The molecule has 32 heavy (non-hydrogen) atoms. The molecule has 1 heterocycles. The maximum atomic E-state index is 12.7. The van der Waals surface area contributed by atoms with Crippen LogP contribution in [0.25, 0.3) is 0 Å². The first-order valence-corrected chi connectivity index (χ1v) is 11.8. The number of halogens is 1. The molecule has 0 bridgehead atoms. The lowest BCUT2D eigenvalue weighted by atomic mass is 10.1. The van der Waals surface area contributed by atoms with E-state index in [0.29, 0.717) is 23.5 Å². The summed E-state index contributed by atoms with van der Waals surface area (Å²) in [4.78, 5) is 24.0. The number of rotatable bonds is 9. The van der Waals surface area contributed by atoms with Crippen molar-refractivity contribution in [2.45, 2.75) is 37.4 Å². The van der Waals surface area contributed by atoms with E-state index in [-0.39, 0.29) is 40.5 Å². The lowest BCUT2D eigenvalue weighted by Gasteiger charge is -2.13. The molecule has 8 nitrogen and oxygen atoms in total. The molecule has 1 atom stereocenters. The molecule has 1 aliphatic rings. The van der Waals surface area contributed by atoms with Gasteiger partial charge >= 0.3 is 5.97 Å². The molecule has 1 N–H and O–H groups in total. The van der Waals surface area contributed by atoms with Crippen LogP contribution in [0.3, 0.4) is 0 Å². The molecule has 10 heteroatoms. The minimum Gasteiger partial charge on any atom is -0.496 e. The fraction of sp³-hybridized carbons (Fsp3) is 0.364. The summed E-state index contributed by atoms with van der Waals surface area (Å²) in [6, 6.07) is 8.70. The lowest BCUT2D eigenvalue weighted by molar-refractivity contribution is 0.0470. The predicted octanol–water partition coefficient (Wildman–Crippen LogP) is 3.37. The van der Waals surface area contributed by atoms with Gasteiger partial charge in [-0.1, -0.05) is 11.6 Å². The number of ketones is 1. The van der Waals surface area contributed by atoms with E-state index < -0.39 is 16.0 Å². The van der Waals surface area contributed by atoms with Crippen LogP contribution < -0.4 is 9.46 Å². The van der Waals surface area contributed by atoms with Gasteiger partial charge in [-0.2, -0.15) is 0 Å². The van der Waals surface area contributed by atoms with Gasteiger partial charge in [-0.25, -0.2) is 17.9 Å². The van der Waals surface area contributed by atoms with Gasteiger partial charge in [-0.15, -0.1) is 0 Å². The second-order valence-electron chi connectivity index (χ2n) is 7.29. The van der Waals surface area contributed by atoms with Crippen molar-refractivity contribution in [1.29, 1.82) is 0 Å². The predicted molar refractivity (Wildman–Crippen MR) is 118 cm³/mol. The monoisotopic (exact) mass is 481 g/mol. The van der Waals surface area contributed by atoms with Crippen molar-refractivity contribution >= 4 is 33.4 Å². The van der Waals surface area contributed by atoms with Crippen LogP contribution >= 0.6 is 11.6 Å². The lowest BCUT2D eigenvalue weighted by Crippen LogP contribution is -2.32. The molecule has 1 fully saturated rings. The van der Waals surface area contributed by atoms with E-state index in [4.69, 9.17) is 25.8 Å². The third kappa shape index (κ3) is 5.86. The number of nitrogens with one attached hydrogen (secondary N) is 1. The molecule has 1 unspecified atom stereocenters. The molecule has 2 aromatic rings. The average Bonchev–Trinajstić information content (AvgIpc) is 3.30. The summed E-state index contributed by atoms with van der Waals surface area (Å²) in [7, 11) is -2.49. The number of ether oxygens (including phenoxy) is 3. The van der Waals surface area contributed by atoms with Gasteiger partial charge in [0, 0.05) is 24.3 Å². The van der Waals surface area contributed by atoms with E-state index in [1.165, 1.54) is 32.2 Å². The first-order valence-electron chi connectivity index (χ1n) is 9.97. The normalized spacial score (nSPS) is 16.0. The molecule has 172 valence electrons. The minimum atomic E-state index is -3.95. The smallest absolute Gasteiger partial charge is 0.338 e. The number of carbonyl (C=O) groups is 2. The Balaban J connectivity index is 1.74. The zero-order valence-corrected chi connectivity index (χ0v) is 19.3. The zero-order chi connectivity index (χ0) is 23.3. The van der Waals surface area contributed by atoms with E-state index in [9.17, 15) is 18.0 Å². The summed E-state index contributed by atoms with van der Waals surface area (Å²) in [5, 5.41) is -0.0165. The van der Waals surface area contributed by atoms with Gasteiger partial charge in [-0.05, 0) is 56.2 Å². The van der Waals surface area contributed by atoms with Crippen molar-refractivity contribution in [3.63, 3.8) is 0 Å². The molecule has 0 aliphatic carbocycles. The molecule has 1 aliphatic heterocycles. The summed E-state index contributed by atoms with van der Waals surface area (Å²) in [6.07, 6.45) is 1.48. The van der Waals surface area contributed by atoms with Gasteiger partial charge < -0.3 is 14.2 Å². The van der Waals surface area contributed by atoms with Crippen LogP contribution in [-0.4, -0.2) is 46.5 Å². The molecule has 0 saturated carbocycles. The highest BCUT2D eigenvalue weighted by Crippen LogP contribution is 2.25. The van der Waals surface area contributed by atoms with Crippen molar-refractivity contribution in [3.8, 4) is 5.75 Å². The van der Waals surface area contributed by atoms with Crippen molar-refractivity contribution in [2.24, 2.45) is 0 Å². The van der Waals surface area contributed by atoms with Crippen molar-refractivity contribution in [2.75, 3.05) is 20.3 Å². The molecule has 2 aromatic carbocycles. The third-order valence-electron chi connectivity index (χ3n) is 5.03. The second-order valence-corrected chi connectivity index (χ2v) is 9.43. The van der Waals surface area contributed by atoms with Gasteiger partial charge in [0.2, 0.25) is 10.0 Å². The Bertz CT molecular complexity index is 1110. The summed E-state index contributed by atoms with van der Waals surface area (Å²) in [5.74, 6) is -0.420. The standard InChI is InChI=1S/C22H24ClNO7S/c1-14(25)15-6-8-20(29-2)17(10-15)13-31-22(26)16-5-7-19(23)21(11-16)32(27,28)24-12-18-4-3-9-30-18/h5-8,10-11,18,24H,3-4,9,12-13H2,1-2H3. The Morgan fingerprint density at radius 1 is 1.19 bits per heavy atom. The first kappa shape index (κ1) is 24.2. The van der Waals surface area contributed by atoms with Crippen LogP contribution in [0.15, 0.2) is 41.3 Å². The van der Waals surface area contributed by atoms with Gasteiger partial charge in [0.1, 0.15) is 17.3 Å². The number of hydrogen-bond acceptors (Lipinski definition) is 7. The van der Waals surface area contributed by atoms with Crippen molar-refractivity contribution in [3.05, 3.63) is 58.1 Å². The van der Waals surface area contributed by atoms with E-state index in [1.807, 2.05) is 0 Å². The highest BCUT2D eigenvalue weighted by atomic mass is 35.5. The fourth-order valence-corrected chi connectivity index (χ4v) is 4.85. The molecule has 0 amide bonds. The Morgan fingerprint density at radius 2 is 1.94 bits per heavy atom.